The third-order valence-electron chi connectivity index (χ3n) is 3.14. The molecule has 0 aromatic heterocycles. The average molecular weight is 280 g/mol. The van der Waals surface area contributed by atoms with Crippen molar-refractivity contribution in [3.63, 3.8) is 0 Å². The number of nitrogens with zero attached hydrogens (tertiary/aromatic N) is 1. The summed E-state index contributed by atoms with van der Waals surface area (Å²) in [5.74, 6) is 0.283. The van der Waals surface area contributed by atoms with Crippen molar-refractivity contribution >= 4 is 10.0 Å². The van der Waals surface area contributed by atoms with E-state index in [0.717, 1.165) is 0 Å². The minimum Gasteiger partial charge on any atom is -0.214 e. The van der Waals surface area contributed by atoms with Crippen molar-refractivity contribution in [2.24, 2.45) is 0 Å². The molecule has 1 N–H and O–H groups in total. The Morgan fingerprint density at radius 2 is 1.95 bits per heavy atom. The summed E-state index contributed by atoms with van der Waals surface area (Å²) in [4.78, 5) is 0. The molecule has 1 aromatic rings. The van der Waals surface area contributed by atoms with Gasteiger partial charge in [-0.25, -0.2) is 13.1 Å². The molecule has 1 aromatic carbocycles. The van der Waals surface area contributed by atoms with E-state index in [1.54, 1.807) is 6.92 Å². The Bertz CT molecular complexity index is 520. The molecular formula is C14H20N2O2S. The van der Waals surface area contributed by atoms with E-state index in [-0.39, 0.29) is 5.92 Å². The van der Waals surface area contributed by atoms with Gasteiger partial charge < -0.3 is 0 Å². The first-order chi connectivity index (χ1) is 9.01. The van der Waals surface area contributed by atoms with Gasteiger partial charge in [0.1, 0.15) is 0 Å². The zero-order chi connectivity index (χ0) is 14.3. The number of hydrogen-bond donors (Lipinski definition) is 1. The summed E-state index contributed by atoms with van der Waals surface area (Å²) in [5, 5.41) is 7.82. The zero-order valence-corrected chi connectivity index (χ0v) is 12.2. The highest BCUT2D eigenvalue weighted by atomic mass is 32.2. The number of rotatable bonds is 7. The third-order valence-corrected chi connectivity index (χ3v) is 4.93. The molecule has 4 nitrogen and oxygen atoms in total. The van der Waals surface area contributed by atoms with Crippen LogP contribution in [0.4, 0.5) is 0 Å². The predicted octanol–water partition coefficient (Wildman–Crippen LogP) is 2.40. The molecule has 0 radical (unpaired) electrons. The summed E-state index contributed by atoms with van der Waals surface area (Å²) >= 11 is 0. The van der Waals surface area contributed by atoms with Gasteiger partial charge in [0, 0.05) is 6.54 Å². The second-order valence-corrected chi connectivity index (χ2v) is 6.51. The molecule has 0 aliphatic heterocycles. The fourth-order valence-corrected chi connectivity index (χ4v) is 3.03. The number of hydrogen-bond acceptors (Lipinski definition) is 3. The maximum absolute atomic E-state index is 11.8. The van der Waals surface area contributed by atoms with E-state index < -0.39 is 15.3 Å². The summed E-state index contributed by atoms with van der Waals surface area (Å²) in [6.45, 7) is 4.11. The second-order valence-electron chi connectivity index (χ2n) is 4.57. The fourth-order valence-electron chi connectivity index (χ4n) is 1.85. The van der Waals surface area contributed by atoms with E-state index in [2.05, 4.69) is 11.6 Å². The van der Waals surface area contributed by atoms with Crippen molar-refractivity contribution in [1.29, 1.82) is 5.26 Å². The minimum absolute atomic E-state index is 0.283. The molecule has 2 atom stereocenters. The zero-order valence-electron chi connectivity index (χ0n) is 11.3. The molecule has 0 saturated carbocycles. The molecule has 0 aliphatic rings. The van der Waals surface area contributed by atoms with Crippen LogP contribution < -0.4 is 4.72 Å². The lowest BCUT2D eigenvalue weighted by Crippen LogP contribution is -2.34. The van der Waals surface area contributed by atoms with Gasteiger partial charge in [-0.15, -0.1) is 0 Å². The van der Waals surface area contributed by atoms with Crippen molar-refractivity contribution in [2.75, 3.05) is 6.54 Å². The summed E-state index contributed by atoms with van der Waals surface area (Å²) in [7, 11) is -3.51. The van der Waals surface area contributed by atoms with Crippen LogP contribution in [0.25, 0.3) is 0 Å². The minimum atomic E-state index is -3.51. The van der Waals surface area contributed by atoms with Crippen LogP contribution in [0.5, 0.6) is 0 Å². The lowest BCUT2D eigenvalue weighted by molar-refractivity contribution is 0.564. The molecular weight excluding hydrogens is 260 g/mol. The highest BCUT2D eigenvalue weighted by Crippen LogP contribution is 2.17. The Hall–Kier alpha value is -1.38. The average Bonchev–Trinajstić information content (AvgIpc) is 2.40. The van der Waals surface area contributed by atoms with Gasteiger partial charge in [-0.3, -0.25) is 0 Å². The molecule has 0 aliphatic carbocycles. The van der Waals surface area contributed by atoms with Gasteiger partial charge in [-0.05, 0) is 24.3 Å². The van der Waals surface area contributed by atoms with Gasteiger partial charge in [0.05, 0.1) is 6.07 Å². The van der Waals surface area contributed by atoms with Crippen LogP contribution in [-0.2, 0) is 10.0 Å². The Morgan fingerprint density at radius 1 is 1.32 bits per heavy atom. The first-order valence-electron chi connectivity index (χ1n) is 6.44. The summed E-state index contributed by atoms with van der Waals surface area (Å²) in [5.41, 5.74) is 1.19. The number of sulfonamides is 1. The Morgan fingerprint density at radius 3 is 2.47 bits per heavy atom. The maximum Gasteiger partial charge on any atom is 0.227 e. The molecule has 104 valence electrons. The molecule has 0 spiro atoms. The van der Waals surface area contributed by atoms with Gasteiger partial charge in [0.25, 0.3) is 0 Å². The summed E-state index contributed by atoms with van der Waals surface area (Å²) in [6.07, 6.45) is 1.02. The smallest absolute Gasteiger partial charge is 0.214 e. The molecule has 2 unspecified atom stereocenters. The Labute approximate surface area is 115 Å². The number of nitrogens with one attached hydrogen (secondary N) is 1. The van der Waals surface area contributed by atoms with Crippen molar-refractivity contribution in [1.82, 2.24) is 4.72 Å². The van der Waals surface area contributed by atoms with E-state index in [4.69, 9.17) is 5.26 Å². The van der Waals surface area contributed by atoms with E-state index >= 15 is 0 Å². The lowest BCUT2D eigenvalue weighted by atomic mass is 9.98. The maximum atomic E-state index is 11.8. The number of nitriles is 1. The monoisotopic (exact) mass is 280 g/mol. The van der Waals surface area contributed by atoms with Crippen LogP contribution in [0.2, 0.25) is 0 Å². The van der Waals surface area contributed by atoms with Crippen LogP contribution in [0.1, 0.15) is 38.2 Å². The van der Waals surface area contributed by atoms with Crippen molar-refractivity contribution < 1.29 is 8.42 Å². The van der Waals surface area contributed by atoms with Crippen LogP contribution in [0.15, 0.2) is 30.3 Å². The topological polar surface area (TPSA) is 70.0 Å². The lowest BCUT2D eigenvalue weighted by Gasteiger charge is -2.14. The van der Waals surface area contributed by atoms with Crippen LogP contribution in [0.3, 0.4) is 0 Å². The predicted molar refractivity (Wildman–Crippen MR) is 76.1 cm³/mol. The second kappa shape index (κ2) is 7.27. The van der Waals surface area contributed by atoms with Gasteiger partial charge in [0.2, 0.25) is 10.0 Å². The Kier molecular flexibility index (Phi) is 6.00. The largest absolute Gasteiger partial charge is 0.227 e. The molecule has 0 heterocycles. The molecule has 1 rings (SSSR count). The summed E-state index contributed by atoms with van der Waals surface area (Å²) < 4.78 is 26.1. The van der Waals surface area contributed by atoms with Gasteiger partial charge in [-0.1, -0.05) is 44.2 Å². The van der Waals surface area contributed by atoms with E-state index in [1.165, 1.54) is 5.56 Å². The van der Waals surface area contributed by atoms with Crippen LogP contribution in [-0.4, -0.2) is 20.2 Å². The normalized spacial score (nSPS) is 14.6. The van der Waals surface area contributed by atoms with Gasteiger partial charge in [-0.2, -0.15) is 5.26 Å². The van der Waals surface area contributed by atoms with Crippen molar-refractivity contribution in [3.8, 4) is 6.07 Å². The van der Waals surface area contributed by atoms with E-state index in [1.807, 2.05) is 36.4 Å². The van der Waals surface area contributed by atoms with Gasteiger partial charge >= 0.3 is 0 Å². The van der Waals surface area contributed by atoms with Crippen LogP contribution >= 0.6 is 0 Å². The molecule has 0 bridgehead atoms. The van der Waals surface area contributed by atoms with Gasteiger partial charge in [0.15, 0.2) is 5.25 Å². The first kappa shape index (κ1) is 15.7. The summed E-state index contributed by atoms with van der Waals surface area (Å²) in [6, 6.07) is 11.8. The van der Waals surface area contributed by atoms with E-state index in [9.17, 15) is 8.42 Å². The fraction of sp³-hybridized carbons (Fsp3) is 0.500. The molecule has 0 fully saturated rings. The standard InChI is InChI=1S/C14H20N2O2S/c1-3-14(11-15)19(17,18)16-10-9-12(2)13-7-5-4-6-8-13/h4-8,12,14,16H,3,9-10H2,1-2H3. The third kappa shape index (κ3) is 4.66. The molecule has 5 heteroatoms. The SMILES string of the molecule is CCC(C#N)S(=O)(=O)NCCC(C)c1ccccc1. The van der Waals surface area contributed by atoms with Crippen LogP contribution in [0, 0.1) is 11.3 Å². The quantitative estimate of drug-likeness (QED) is 0.833. The van der Waals surface area contributed by atoms with Crippen molar-refractivity contribution in [3.05, 3.63) is 35.9 Å². The molecule has 0 saturated heterocycles. The first-order valence-corrected chi connectivity index (χ1v) is 7.99. The Balaban J connectivity index is 2.49. The molecule has 19 heavy (non-hydrogen) atoms. The van der Waals surface area contributed by atoms with E-state index in [0.29, 0.717) is 19.4 Å². The number of benzene rings is 1. The highest BCUT2D eigenvalue weighted by molar-refractivity contribution is 7.90. The molecule has 0 amide bonds. The van der Waals surface area contributed by atoms with Crippen molar-refractivity contribution in [2.45, 2.75) is 37.9 Å². The highest BCUT2D eigenvalue weighted by Gasteiger charge is 2.22.